The summed E-state index contributed by atoms with van der Waals surface area (Å²) < 4.78 is 5.60. The molecule has 4 nitrogen and oxygen atoms in total. The van der Waals surface area contributed by atoms with E-state index in [1.807, 2.05) is 12.1 Å². The zero-order chi connectivity index (χ0) is 21.2. The lowest BCUT2D eigenvalue weighted by molar-refractivity contribution is -0.130. The number of methoxy groups -OCH3 is 1. The highest BCUT2D eigenvalue weighted by molar-refractivity contribution is 5.88. The molecule has 0 saturated carbocycles. The van der Waals surface area contributed by atoms with Gasteiger partial charge in [0.05, 0.1) is 7.11 Å². The van der Waals surface area contributed by atoms with Gasteiger partial charge in [-0.05, 0) is 47.2 Å². The first-order valence-corrected chi connectivity index (χ1v) is 11.4. The molecule has 0 spiro atoms. The van der Waals surface area contributed by atoms with Crippen molar-refractivity contribution >= 4 is 16.7 Å². The summed E-state index contributed by atoms with van der Waals surface area (Å²) in [5.41, 5.74) is 4.06. The maximum atomic E-state index is 13.0. The van der Waals surface area contributed by atoms with Gasteiger partial charge >= 0.3 is 0 Å². The predicted molar refractivity (Wildman–Crippen MR) is 124 cm³/mol. The first-order valence-electron chi connectivity index (χ1n) is 11.4. The molecular formula is C27H30N2O2. The van der Waals surface area contributed by atoms with Crippen LogP contribution >= 0.6 is 0 Å². The molecule has 2 heterocycles. The monoisotopic (exact) mass is 414 g/mol. The Kier molecular flexibility index (Phi) is 5.65. The van der Waals surface area contributed by atoms with Gasteiger partial charge in [-0.25, -0.2) is 0 Å². The molecule has 1 amide bonds. The Balaban J connectivity index is 1.22. The molecule has 1 atom stereocenters. The largest absolute Gasteiger partial charge is 0.496 e. The van der Waals surface area contributed by atoms with Crippen LogP contribution in [0.5, 0.6) is 5.75 Å². The predicted octanol–water partition coefficient (Wildman–Crippen LogP) is 4.44. The van der Waals surface area contributed by atoms with E-state index in [9.17, 15) is 4.79 Å². The molecule has 1 fully saturated rings. The van der Waals surface area contributed by atoms with Crippen LogP contribution in [0.2, 0.25) is 0 Å². The van der Waals surface area contributed by atoms with Gasteiger partial charge in [0.2, 0.25) is 5.91 Å². The maximum Gasteiger partial charge on any atom is 0.222 e. The zero-order valence-electron chi connectivity index (χ0n) is 18.2. The van der Waals surface area contributed by atoms with Crippen molar-refractivity contribution in [3.8, 4) is 5.75 Å². The van der Waals surface area contributed by atoms with Gasteiger partial charge in [0.25, 0.3) is 0 Å². The molecule has 0 aliphatic carbocycles. The molecule has 160 valence electrons. The summed E-state index contributed by atoms with van der Waals surface area (Å²) in [7, 11) is 1.71. The van der Waals surface area contributed by atoms with Gasteiger partial charge in [-0.2, -0.15) is 0 Å². The van der Waals surface area contributed by atoms with Gasteiger partial charge in [0.1, 0.15) is 5.75 Å². The third-order valence-electron chi connectivity index (χ3n) is 7.00. The zero-order valence-corrected chi connectivity index (χ0v) is 18.2. The molecule has 5 rings (SSSR count). The number of ether oxygens (including phenoxy) is 1. The number of benzene rings is 3. The molecule has 4 heteroatoms. The maximum absolute atomic E-state index is 13.0. The van der Waals surface area contributed by atoms with Crippen LogP contribution < -0.4 is 4.74 Å². The van der Waals surface area contributed by atoms with Gasteiger partial charge in [-0.1, -0.05) is 54.6 Å². The molecule has 31 heavy (non-hydrogen) atoms. The second-order valence-electron chi connectivity index (χ2n) is 8.74. The number of carbonyl (C=O) groups is 1. The molecule has 3 aromatic rings. The minimum absolute atomic E-state index is 0.259. The highest BCUT2D eigenvalue weighted by Crippen LogP contribution is 2.30. The van der Waals surface area contributed by atoms with E-state index in [2.05, 4.69) is 58.3 Å². The van der Waals surface area contributed by atoms with Gasteiger partial charge in [0.15, 0.2) is 0 Å². The highest BCUT2D eigenvalue weighted by Gasteiger charge is 2.31. The second-order valence-corrected chi connectivity index (χ2v) is 8.74. The number of carbonyl (C=O) groups excluding carboxylic acids is 1. The Morgan fingerprint density at radius 1 is 1.00 bits per heavy atom. The van der Waals surface area contributed by atoms with E-state index in [4.69, 9.17) is 4.74 Å². The smallest absolute Gasteiger partial charge is 0.222 e. The van der Waals surface area contributed by atoms with Gasteiger partial charge in [-0.15, -0.1) is 0 Å². The molecule has 0 bridgehead atoms. The lowest BCUT2D eigenvalue weighted by Gasteiger charge is -2.33. The minimum atomic E-state index is 0.259. The van der Waals surface area contributed by atoms with Crippen molar-refractivity contribution in [2.45, 2.75) is 38.3 Å². The van der Waals surface area contributed by atoms with Crippen molar-refractivity contribution in [1.82, 2.24) is 9.80 Å². The first-order chi connectivity index (χ1) is 15.2. The standard InChI is InChI=1S/C27H30N2O2/c1-31-26-12-10-21-7-4-5-9-24(21)25(26)11-13-27(30)29-17-15-23(19-29)28-16-14-20-6-2-3-8-22(20)18-28/h2-10,12,23H,11,13-19H2,1H3. The number of amides is 1. The topological polar surface area (TPSA) is 32.8 Å². The van der Waals surface area contributed by atoms with Crippen LogP contribution in [0.4, 0.5) is 0 Å². The summed E-state index contributed by atoms with van der Waals surface area (Å²) in [6.07, 6.45) is 3.43. The minimum Gasteiger partial charge on any atom is -0.496 e. The molecular weight excluding hydrogens is 384 g/mol. The number of hydrogen-bond acceptors (Lipinski definition) is 3. The molecule has 0 aromatic heterocycles. The van der Waals surface area contributed by atoms with E-state index in [0.717, 1.165) is 50.3 Å². The number of rotatable bonds is 5. The molecule has 2 aliphatic rings. The fraction of sp³-hybridized carbons (Fsp3) is 0.370. The summed E-state index contributed by atoms with van der Waals surface area (Å²) in [6.45, 7) is 3.83. The van der Waals surface area contributed by atoms with E-state index in [0.29, 0.717) is 18.9 Å². The molecule has 0 N–H and O–H groups in total. The van der Waals surface area contributed by atoms with Crippen molar-refractivity contribution in [1.29, 1.82) is 0 Å². The van der Waals surface area contributed by atoms with Crippen molar-refractivity contribution in [3.63, 3.8) is 0 Å². The van der Waals surface area contributed by atoms with Crippen molar-refractivity contribution in [2.24, 2.45) is 0 Å². The SMILES string of the molecule is COc1ccc2ccccc2c1CCC(=O)N1CCC(N2CCc3ccccc3C2)C1. The van der Waals surface area contributed by atoms with Gasteiger partial charge in [0, 0.05) is 44.2 Å². The van der Waals surface area contributed by atoms with E-state index in [1.54, 1.807) is 7.11 Å². The Morgan fingerprint density at radius 3 is 2.68 bits per heavy atom. The van der Waals surface area contributed by atoms with Crippen molar-refractivity contribution in [3.05, 3.63) is 77.4 Å². The van der Waals surface area contributed by atoms with E-state index in [1.165, 1.54) is 21.9 Å². The number of nitrogens with zero attached hydrogens (tertiary/aromatic N) is 2. The Bertz CT molecular complexity index is 1090. The van der Waals surface area contributed by atoms with Crippen LogP contribution in [0.15, 0.2) is 60.7 Å². The highest BCUT2D eigenvalue weighted by atomic mass is 16.5. The number of hydrogen-bond donors (Lipinski definition) is 0. The average Bonchev–Trinajstić information content (AvgIpc) is 3.32. The van der Waals surface area contributed by atoms with Crippen LogP contribution in [0.3, 0.4) is 0 Å². The van der Waals surface area contributed by atoms with Crippen LogP contribution in [-0.2, 0) is 24.2 Å². The van der Waals surface area contributed by atoms with Crippen LogP contribution in [0.25, 0.3) is 10.8 Å². The van der Waals surface area contributed by atoms with Crippen LogP contribution in [-0.4, -0.2) is 48.5 Å². The third-order valence-corrected chi connectivity index (χ3v) is 7.00. The summed E-state index contributed by atoms with van der Waals surface area (Å²) in [5, 5.41) is 2.37. The van der Waals surface area contributed by atoms with Crippen molar-refractivity contribution < 1.29 is 9.53 Å². The third kappa shape index (κ3) is 4.05. The van der Waals surface area contributed by atoms with E-state index < -0.39 is 0 Å². The van der Waals surface area contributed by atoms with Crippen molar-refractivity contribution in [2.75, 3.05) is 26.7 Å². The number of aryl methyl sites for hydroxylation is 1. The normalized spacial score (nSPS) is 18.9. The van der Waals surface area contributed by atoms with Gasteiger partial charge in [-0.3, -0.25) is 9.69 Å². The fourth-order valence-electron chi connectivity index (χ4n) is 5.25. The molecule has 3 aromatic carbocycles. The van der Waals surface area contributed by atoms with Crippen LogP contribution in [0, 0.1) is 0 Å². The summed E-state index contributed by atoms with van der Waals surface area (Å²) in [6, 6.07) is 21.7. The number of fused-ring (bicyclic) bond motifs is 2. The lowest BCUT2D eigenvalue weighted by atomic mass is 9.98. The Morgan fingerprint density at radius 2 is 1.81 bits per heavy atom. The second kappa shape index (κ2) is 8.72. The lowest BCUT2D eigenvalue weighted by Crippen LogP contribution is -2.41. The first kappa shape index (κ1) is 20.1. The summed E-state index contributed by atoms with van der Waals surface area (Å²) in [5.74, 6) is 1.13. The summed E-state index contributed by atoms with van der Waals surface area (Å²) in [4.78, 5) is 17.7. The molecule has 0 radical (unpaired) electrons. The molecule has 2 aliphatic heterocycles. The molecule has 1 saturated heterocycles. The Labute approximate surface area is 184 Å². The fourth-order valence-corrected chi connectivity index (χ4v) is 5.25. The quantitative estimate of drug-likeness (QED) is 0.619. The Hall–Kier alpha value is -2.85. The van der Waals surface area contributed by atoms with Gasteiger partial charge < -0.3 is 9.64 Å². The van der Waals surface area contributed by atoms with E-state index in [-0.39, 0.29) is 5.91 Å². The number of likely N-dealkylation sites (tertiary alicyclic amines) is 1. The summed E-state index contributed by atoms with van der Waals surface area (Å²) >= 11 is 0. The van der Waals surface area contributed by atoms with E-state index >= 15 is 0 Å². The van der Waals surface area contributed by atoms with Crippen LogP contribution in [0.1, 0.15) is 29.5 Å². The average molecular weight is 415 g/mol. The molecule has 1 unspecified atom stereocenters.